The number of carbonyl (C=O) groups excluding carboxylic acids is 1. The lowest BCUT2D eigenvalue weighted by molar-refractivity contribution is 0.000794. The minimum absolute atomic E-state index is 0.0242. The van der Waals surface area contributed by atoms with Crippen LogP contribution in [0.2, 0.25) is 0 Å². The molecule has 5 saturated heterocycles. The van der Waals surface area contributed by atoms with E-state index in [1.54, 1.807) is 4.90 Å². The number of hydrogen-bond acceptors (Lipinski definition) is 7. The average Bonchev–Trinajstić information content (AvgIpc) is 3.41. The number of anilines is 1. The van der Waals surface area contributed by atoms with Crippen molar-refractivity contribution in [3.63, 3.8) is 0 Å². The van der Waals surface area contributed by atoms with Gasteiger partial charge in [-0.2, -0.15) is 9.97 Å². The third-order valence-electron chi connectivity index (χ3n) is 8.45. The van der Waals surface area contributed by atoms with Crippen LogP contribution in [0.5, 0.6) is 6.01 Å². The SMILES string of the molecule is CC(C)(C)OC(=O)N1CC2CC[C@H]1CN2c1nc(OC[C@@]23CCCN2C[C@H](F)C3)nc2c(F)c(Br)c(F)cc12. The van der Waals surface area contributed by atoms with E-state index < -0.39 is 28.9 Å². The highest BCUT2D eigenvalue weighted by Crippen LogP contribution is 2.42. The van der Waals surface area contributed by atoms with Gasteiger partial charge in [-0.25, -0.2) is 18.0 Å². The van der Waals surface area contributed by atoms with E-state index in [0.29, 0.717) is 31.9 Å². The van der Waals surface area contributed by atoms with Gasteiger partial charge in [-0.3, -0.25) is 4.90 Å². The first-order valence-electron chi connectivity index (χ1n) is 13.6. The van der Waals surface area contributed by atoms with Gasteiger partial charge >= 0.3 is 12.1 Å². The second kappa shape index (κ2) is 9.64. The van der Waals surface area contributed by atoms with Crippen molar-refractivity contribution in [3.05, 3.63) is 22.2 Å². The van der Waals surface area contributed by atoms with E-state index in [4.69, 9.17) is 9.47 Å². The highest BCUT2D eigenvalue weighted by molar-refractivity contribution is 9.10. The fourth-order valence-electron chi connectivity index (χ4n) is 6.70. The van der Waals surface area contributed by atoms with Gasteiger partial charge in [0.25, 0.3) is 0 Å². The van der Waals surface area contributed by atoms with Gasteiger partial charge in [-0.1, -0.05) is 0 Å². The van der Waals surface area contributed by atoms with Crippen LogP contribution in [0.4, 0.5) is 23.8 Å². The Balaban J connectivity index is 1.33. The van der Waals surface area contributed by atoms with E-state index in [1.165, 1.54) is 6.07 Å². The maximum atomic E-state index is 15.3. The normalized spacial score (nSPS) is 28.8. The minimum atomic E-state index is -0.907. The predicted octanol–water partition coefficient (Wildman–Crippen LogP) is 5.21. The van der Waals surface area contributed by atoms with Crippen LogP contribution in [-0.2, 0) is 4.74 Å². The Hall–Kier alpha value is -2.34. The van der Waals surface area contributed by atoms with Crippen LogP contribution in [0.25, 0.3) is 10.9 Å². The van der Waals surface area contributed by atoms with Crippen LogP contribution >= 0.6 is 15.9 Å². The van der Waals surface area contributed by atoms with Crippen molar-refractivity contribution in [2.75, 3.05) is 37.7 Å². The van der Waals surface area contributed by atoms with E-state index in [9.17, 15) is 13.6 Å². The summed E-state index contributed by atoms with van der Waals surface area (Å²) in [6, 6.07) is 0.964. The third kappa shape index (κ3) is 4.81. The molecule has 212 valence electrons. The summed E-state index contributed by atoms with van der Waals surface area (Å²) in [6.07, 6.45) is 2.48. The molecule has 5 fully saturated rings. The smallest absolute Gasteiger partial charge is 0.410 e. The Kier molecular flexibility index (Phi) is 6.64. The molecule has 7 rings (SSSR count). The van der Waals surface area contributed by atoms with Crippen molar-refractivity contribution < 1.29 is 27.4 Å². The summed E-state index contributed by atoms with van der Waals surface area (Å²) < 4.78 is 55.7. The molecular formula is C27H33BrF3N5O3. The van der Waals surface area contributed by atoms with Crippen molar-refractivity contribution in [2.45, 2.75) is 82.3 Å². The van der Waals surface area contributed by atoms with E-state index in [0.717, 1.165) is 32.2 Å². The number of aromatic nitrogens is 2. The Labute approximate surface area is 233 Å². The topological polar surface area (TPSA) is 71.0 Å². The van der Waals surface area contributed by atoms with Crippen LogP contribution in [0.1, 0.15) is 52.9 Å². The second-order valence-corrected chi connectivity index (χ2v) is 13.0. The number of nitrogens with zero attached hydrogens (tertiary/aromatic N) is 5. The summed E-state index contributed by atoms with van der Waals surface area (Å²) in [5, 5.41) is 0.238. The fourth-order valence-corrected chi connectivity index (χ4v) is 7.00. The molecule has 39 heavy (non-hydrogen) atoms. The Morgan fingerprint density at radius 2 is 1.95 bits per heavy atom. The number of piperazine rings is 1. The zero-order valence-corrected chi connectivity index (χ0v) is 23.9. The lowest BCUT2D eigenvalue weighted by atomic mass is 9.91. The lowest BCUT2D eigenvalue weighted by Crippen LogP contribution is -2.64. The first-order chi connectivity index (χ1) is 18.4. The molecule has 2 aromatic rings. The number of piperidine rings is 2. The molecule has 4 atom stereocenters. The van der Waals surface area contributed by atoms with E-state index in [1.807, 2.05) is 25.7 Å². The summed E-state index contributed by atoms with van der Waals surface area (Å²) in [5.74, 6) is -1.22. The quantitative estimate of drug-likeness (QED) is 0.439. The van der Waals surface area contributed by atoms with Crippen molar-refractivity contribution in [1.29, 1.82) is 0 Å². The Morgan fingerprint density at radius 1 is 1.18 bits per heavy atom. The summed E-state index contributed by atoms with van der Waals surface area (Å²) in [7, 11) is 0. The lowest BCUT2D eigenvalue weighted by Gasteiger charge is -2.51. The number of ether oxygens (including phenoxy) is 2. The van der Waals surface area contributed by atoms with Crippen molar-refractivity contribution in [1.82, 2.24) is 19.8 Å². The zero-order chi connectivity index (χ0) is 27.7. The van der Waals surface area contributed by atoms with Crippen LogP contribution < -0.4 is 9.64 Å². The third-order valence-corrected chi connectivity index (χ3v) is 9.17. The average molecular weight is 612 g/mol. The number of benzene rings is 1. The van der Waals surface area contributed by atoms with Gasteiger partial charge in [0.2, 0.25) is 0 Å². The largest absolute Gasteiger partial charge is 0.461 e. The van der Waals surface area contributed by atoms with Crippen LogP contribution in [0.3, 0.4) is 0 Å². The molecule has 0 spiro atoms. The molecule has 1 amide bonds. The molecule has 0 saturated carbocycles. The maximum Gasteiger partial charge on any atom is 0.410 e. The molecule has 0 N–H and O–H groups in total. The van der Waals surface area contributed by atoms with Gasteiger partial charge in [0.15, 0.2) is 5.82 Å². The number of hydrogen-bond donors (Lipinski definition) is 0. The molecule has 6 heterocycles. The highest BCUT2D eigenvalue weighted by atomic mass is 79.9. The highest BCUT2D eigenvalue weighted by Gasteiger charge is 2.49. The van der Waals surface area contributed by atoms with E-state index in [-0.39, 0.29) is 46.2 Å². The van der Waals surface area contributed by atoms with Gasteiger partial charge in [0, 0.05) is 37.5 Å². The summed E-state index contributed by atoms with van der Waals surface area (Å²) >= 11 is 2.99. The number of alkyl halides is 1. The molecule has 5 aliphatic rings. The number of halogens is 4. The number of amides is 1. The maximum absolute atomic E-state index is 15.3. The van der Waals surface area contributed by atoms with E-state index in [2.05, 4.69) is 30.8 Å². The zero-order valence-electron chi connectivity index (χ0n) is 22.4. The van der Waals surface area contributed by atoms with Crippen molar-refractivity contribution >= 4 is 38.7 Å². The van der Waals surface area contributed by atoms with Crippen LogP contribution in [-0.4, -0.2) is 88.0 Å². The van der Waals surface area contributed by atoms with Gasteiger partial charge in [-0.15, -0.1) is 0 Å². The molecular weight excluding hydrogens is 579 g/mol. The van der Waals surface area contributed by atoms with E-state index >= 15 is 4.39 Å². The molecule has 1 aromatic heterocycles. The summed E-state index contributed by atoms with van der Waals surface area (Å²) in [6.45, 7) is 7.75. The molecule has 0 aliphatic carbocycles. The van der Waals surface area contributed by atoms with Crippen LogP contribution in [0, 0.1) is 11.6 Å². The molecule has 0 radical (unpaired) electrons. The number of fused-ring (bicyclic) bond motifs is 5. The Morgan fingerprint density at radius 3 is 2.67 bits per heavy atom. The van der Waals surface area contributed by atoms with Gasteiger partial charge in [0.05, 0.1) is 16.1 Å². The van der Waals surface area contributed by atoms with Gasteiger partial charge in [-0.05, 0) is 75.0 Å². The van der Waals surface area contributed by atoms with Crippen LogP contribution in [0.15, 0.2) is 10.5 Å². The fraction of sp³-hybridized carbons (Fsp3) is 0.667. The summed E-state index contributed by atoms with van der Waals surface area (Å²) in [5.41, 5.74) is -1.08. The number of rotatable bonds is 4. The molecule has 5 aliphatic heterocycles. The Bertz CT molecular complexity index is 1310. The standard InChI is InChI=1S/C27H33BrF3N5O3/c1-26(2,3)39-25(37)36-13-16-5-6-17(36)12-35(16)23-18-9-19(30)20(28)21(31)22(18)32-24(33-23)38-14-27-7-4-8-34(27)11-15(29)10-27/h9,15-17H,4-8,10-14H2,1-3H3/t15-,16?,17+,27+/m1/s1. The second-order valence-electron chi connectivity index (χ2n) is 12.2. The first-order valence-corrected chi connectivity index (χ1v) is 14.4. The summed E-state index contributed by atoms with van der Waals surface area (Å²) in [4.78, 5) is 27.8. The van der Waals surface area contributed by atoms with Crippen molar-refractivity contribution in [3.8, 4) is 6.01 Å². The molecule has 2 bridgehead atoms. The molecule has 1 unspecified atom stereocenters. The predicted molar refractivity (Wildman–Crippen MR) is 143 cm³/mol. The van der Waals surface area contributed by atoms with Gasteiger partial charge in [0.1, 0.15) is 35.5 Å². The van der Waals surface area contributed by atoms with Gasteiger partial charge < -0.3 is 19.3 Å². The van der Waals surface area contributed by atoms with Crippen molar-refractivity contribution in [2.24, 2.45) is 0 Å². The minimum Gasteiger partial charge on any atom is -0.461 e. The molecule has 8 nitrogen and oxygen atoms in total. The molecule has 12 heteroatoms. The first kappa shape index (κ1) is 26.9. The number of carbonyl (C=O) groups is 1. The monoisotopic (exact) mass is 611 g/mol. The molecule has 1 aromatic carbocycles.